The second kappa shape index (κ2) is 7.59. The van der Waals surface area contributed by atoms with Gasteiger partial charge in [-0.3, -0.25) is 0 Å². The first-order chi connectivity index (χ1) is 12.3. The lowest BCUT2D eigenvalue weighted by molar-refractivity contribution is 0.0909. The van der Waals surface area contributed by atoms with E-state index in [2.05, 4.69) is 5.10 Å². The fourth-order valence-electron chi connectivity index (χ4n) is 1.87. The third-order valence-corrected chi connectivity index (χ3v) is 5.74. The van der Waals surface area contributed by atoms with Gasteiger partial charge in [0.25, 0.3) is 10.0 Å². The van der Waals surface area contributed by atoms with Gasteiger partial charge in [0.15, 0.2) is 10.3 Å². The van der Waals surface area contributed by atoms with Crippen LogP contribution in [0.4, 0.5) is 4.79 Å². The van der Waals surface area contributed by atoms with Crippen molar-refractivity contribution in [2.75, 3.05) is 20.8 Å². The molecule has 0 saturated heterocycles. The molecule has 1 aliphatic heterocycles. The summed E-state index contributed by atoms with van der Waals surface area (Å²) in [5.41, 5.74) is -1.07. The Morgan fingerprint density at radius 1 is 1.38 bits per heavy atom. The molecule has 1 aliphatic rings. The minimum atomic E-state index is -4.45. The number of amides is 1. The van der Waals surface area contributed by atoms with Gasteiger partial charge in [-0.1, -0.05) is 4.73 Å². The fourth-order valence-corrected chi connectivity index (χ4v) is 4.52. The second-order valence-corrected chi connectivity index (χ2v) is 7.52. The molecule has 1 N–H and O–H groups in total. The quantitative estimate of drug-likeness (QED) is 0.591. The van der Waals surface area contributed by atoms with Crippen LogP contribution in [0, 0.1) is 0 Å². The number of allylic oxidation sites excluding steroid dienone is 1. The Hall–Kier alpha value is -2.83. The van der Waals surface area contributed by atoms with Gasteiger partial charge in [0, 0.05) is 0 Å². The monoisotopic (exact) mass is 406 g/mol. The molecular weight excluding hydrogens is 392 g/mol. The fraction of sp³-hybridized carbons (Fsp3) is 0.333. The zero-order chi connectivity index (χ0) is 19.5. The van der Waals surface area contributed by atoms with Gasteiger partial charge >= 0.3 is 17.7 Å². The molecule has 26 heavy (non-hydrogen) atoms. The Bertz CT molecular complexity index is 1010. The van der Waals surface area contributed by atoms with Gasteiger partial charge < -0.3 is 14.3 Å². The van der Waals surface area contributed by atoms with Crippen LogP contribution in [0.3, 0.4) is 0 Å². The van der Waals surface area contributed by atoms with Crippen molar-refractivity contribution >= 4 is 31.8 Å². The minimum absolute atomic E-state index is 0.0707. The number of hydrogen-bond acceptors (Lipinski definition) is 9. The molecule has 0 fully saturated rings. The smallest absolute Gasteiger partial charge is 0.391 e. The van der Waals surface area contributed by atoms with Crippen LogP contribution in [0.2, 0.25) is 0 Å². The SMILES string of the molecule is CCOn1c(OC)nn(C(=O)NS(=O)(=O)C2=C(OC)S(=C=O)C=C2)c1=O. The number of hydrogen-bond donors (Lipinski definition) is 1. The van der Waals surface area contributed by atoms with E-state index in [4.69, 9.17) is 14.3 Å². The lowest BCUT2D eigenvalue weighted by Crippen LogP contribution is -2.41. The molecular formula is C12H14N4O8S2. The van der Waals surface area contributed by atoms with E-state index >= 15 is 0 Å². The molecule has 0 radical (unpaired) electrons. The van der Waals surface area contributed by atoms with Crippen LogP contribution in [0.15, 0.2) is 26.3 Å². The zero-order valence-electron chi connectivity index (χ0n) is 13.8. The maximum Gasteiger partial charge on any atom is 0.391 e. The molecule has 0 aliphatic carbocycles. The molecule has 1 amide bonds. The van der Waals surface area contributed by atoms with Gasteiger partial charge in [-0.2, -0.15) is 0 Å². The van der Waals surface area contributed by atoms with Crippen LogP contribution >= 0.6 is 10.5 Å². The molecule has 142 valence electrons. The minimum Gasteiger partial charge on any atom is -0.489 e. The molecule has 1 aromatic rings. The predicted molar refractivity (Wildman–Crippen MR) is 89.5 cm³/mol. The first-order valence-corrected chi connectivity index (χ1v) is 9.61. The highest BCUT2D eigenvalue weighted by molar-refractivity contribution is 8.20. The predicted octanol–water partition coefficient (Wildman–Crippen LogP) is -0.932. The highest BCUT2D eigenvalue weighted by Gasteiger charge is 2.30. The third-order valence-electron chi connectivity index (χ3n) is 2.89. The van der Waals surface area contributed by atoms with Crippen molar-refractivity contribution in [3.8, 4) is 6.01 Å². The van der Waals surface area contributed by atoms with Crippen molar-refractivity contribution < 1.29 is 32.3 Å². The number of rotatable bonds is 6. The number of carbonyl (C=O) groups is 1. The van der Waals surface area contributed by atoms with Crippen molar-refractivity contribution in [2.24, 2.45) is 0 Å². The highest BCUT2D eigenvalue weighted by Crippen LogP contribution is 2.37. The van der Waals surface area contributed by atoms with E-state index in [1.165, 1.54) is 19.6 Å². The standard InChI is InChI=1S/C12H14N4O8S2/c1-4-24-16-11(23-3)13-15(12(16)19)10(18)14-26(20,21)8-5-6-25(7-17)9(8)22-2/h5-6H,4H2,1-3H3,(H,14,18). The maximum atomic E-state index is 12.4. The van der Waals surface area contributed by atoms with Crippen molar-refractivity contribution in [3.63, 3.8) is 0 Å². The summed E-state index contributed by atoms with van der Waals surface area (Å²) in [5, 5.41) is 6.26. The molecule has 14 heteroatoms. The van der Waals surface area contributed by atoms with Crippen LogP contribution in [0.5, 0.6) is 6.01 Å². The number of carbonyl (C=O) groups excluding carboxylic acids is 2. The average molecular weight is 406 g/mol. The normalized spacial score (nSPS) is 16.3. The van der Waals surface area contributed by atoms with Crippen LogP contribution < -0.4 is 20.0 Å². The molecule has 0 saturated carbocycles. The molecule has 1 atom stereocenters. The van der Waals surface area contributed by atoms with Crippen LogP contribution in [0.25, 0.3) is 0 Å². The van der Waals surface area contributed by atoms with E-state index in [-0.39, 0.29) is 22.4 Å². The van der Waals surface area contributed by atoms with E-state index in [0.717, 1.165) is 6.08 Å². The van der Waals surface area contributed by atoms with Crippen molar-refractivity contribution in [2.45, 2.75) is 6.92 Å². The Kier molecular flexibility index (Phi) is 5.69. The number of methoxy groups -OCH3 is 2. The van der Waals surface area contributed by atoms with Gasteiger partial charge in [0.2, 0.25) is 0 Å². The molecule has 12 nitrogen and oxygen atoms in total. The Labute approximate surface area is 149 Å². The average Bonchev–Trinajstić information content (AvgIpc) is 3.16. The van der Waals surface area contributed by atoms with Crippen molar-refractivity contribution in [1.29, 1.82) is 0 Å². The summed E-state index contributed by atoms with van der Waals surface area (Å²) < 4.78 is 37.0. The highest BCUT2D eigenvalue weighted by atomic mass is 32.2. The second-order valence-electron chi connectivity index (χ2n) is 4.38. The molecule has 0 bridgehead atoms. The van der Waals surface area contributed by atoms with Crippen LogP contribution in [0.1, 0.15) is 6.92 Å². The maximum absolute atomic E-state index is 12.4. The van der Waals surface area contributed by atoms with Crippen molar-refractivity contribution in [1.82, 2.24) is 19.2 Å². The summed E-state index contributed by atoms with van der Waals surface area (Å²) in [7, 11) is -3.39. The first kappa shape index (κ1) is 19.5. The zero-order valence-corrected chi connectivity index (χ0v) is 15.4. The summed E-state index contributed by atoms with van der Waals surface area (Å²) in [5.74, 6) is 0. The van der Waals surface area contributed by atoms with E-state index in [0.29, 0.717) is 4.73 Å². The van der Waals surface area contributed by atoms with Gasteiger partial charge in [-0.05, 0) is 28.9 Å². The Morgan fingerprint density at radius 2 is 2.08 bits per heavy atom. The first-order valence-electron chi connectivity index (χ1n) is 6.84. The van der Waals surface area contributed by atoms with Crippen LogP contribution in [-0.4, -0.2) is 55.0 Å². The third kappa shape index (κ3) is 3.42. The number of sulfonamides is 1. The topological polar surface area (TPSA) is 148 Å². The summed E-state index contributed by atoms with van der Waals surface area (Å²) in [4.78, 5) is 39.7. The van der Waals surface area contributed by atoms with Gasteiger partial charge in [-0.15, -0.1) is 9.78 Å². The van der Waals surface area contributed by atoms with Gasteiger partial charge in [0.05, 0.1) is 14.2 Å². The van der Waals surface area contributed by atoms with E-state index in [1.54, 1.807) is 16.9 Å². The van der Waals surface area contributed by atoms with Gasteiger partial charge in [-0.25, -0.2) is 27.5 Å². The van der Waals surface area contributed by atoms with E-state index < -0.39 is 37.1 Å². The lowest BCUT2D eigenvalue weighted by Gasteiger charge is -2.08. The Balaban J connectivity index is 2.40. The van der Waals surface area contributed by atoms with Gasteiger partial charge in [0.1, 0.15) is 11.5 Å². The number of nitrogens with zero attached hydrogens (tertiary/aromatic N) is 3. The molecule has 0 spiro atoms. The molecule has 1 unspecified atom stereocenters. The molecule has 2 heterocycles. The number of nitrogens with one attached hydrogen (secondary N) is 1. The summed E-state index contributed by atoms with van der Waals surface area (Å²) >= 11 is 0. The van der Waals surface area contributed by atoms with Crippen molar-refractivity contribution in [3.05, 3.63) is 32.0 Å². The number of aromatic nitrogens is 3. The number of ether oxygens (including phenoxy) is 2. The largest absolute Gasteiger partial charge is 0.489 e. The molecule has 1 aromatic heterocycles. The van der Waals surface area contributed by atoms with E-state index in [1.807, 2.05) is 0 Å². The van der Waals surface area contributed by atoms with Crippen LogP contribution in [-0.2, 0) is 19.6 Å². The van der Waals surface area contributed by atoms with E-state index in [9.17, 15) is 22.8 Å². The summed E-state index contributed by atoms with van der Waals surface area (Å²) in [6.07, 6.45) is 1.10. The molecule has 0 aromatic carbocycles. The Morgan fingerprint density at radius 3 is 2.62 bits per heavy atom. The summed E-state index contributed by atoms with van der Waals surface area (Å²) in [6, 6.07) is -1.72. The lowest BCUT2D eigenvalue weighted by atomic mass is 10.6. The molecule has 2 rings (SSSR count). The summed E-state index contributed by atoms with van der Waals surface area (Å²) in [6.45, 7) is 1.65.